The molecule has 150 valence electrons. The Morgan fingerprint density at radius 1 is 1.34 bits per heavy atom. The number of hydrogen-bond acceptors (Lipinski definition) is 4. The molecule has 3 heterocycles. The summed E-state index contributed by atoms with van der Waals surface area (Å²) in [4.78, 5) is 30.0. The largest absolute Gasteiger partial charge is 0.381 e. The van der Waals surface area contributed by atoms with Gasteiger partial charge in [0.05, 0.1) is 5.69 Å². The first kappa shape index (κ1) is 19.4. The molecule has 1 aromatic carbocycles. The van der Waals surface area contributed by atoms with Crippen LogP contribution in [0, 0.1) is 0 Å². The highest BCUT2D eigenvalue weighted by Crippen LogP contribution is 2.22. The summed E-state index contributed by atoms with van der Waals surface area (Å²) in [5.41, 5.74) is 1.56. The van der Waals surface area contributed by atoms with Crippen LogP contribution in [-0.2, 0) is 11.3 Å². The molecule has 0 spiro atoms. The van der Waals surface area contributed by atoms with Gasteiger partial charge in [0, 0.05) is 48.8 Å². The maximum absolute atomic E-state index is 13.1. The number of amides is 1. The molecule has 7 nitrogen and oxygen atoms in total. The molecular weight excluding hydrogens is 392 g/mol. The molecule has 4 rings (SSSR count). The molecule has 0 aliphatic carbocycles. The number of ether oxygens (including phenoxy) is 1. The van der Waals surface area contributed by atoms with E-state index >= 15 is 0 Å². The van der Waals surface area contributed by atoms with E-state index in [1.54, 1.807) is 39.6 Å². The highest BCUT2D eigenvalue weighted by atomic mass is 35.5. The van der Waals surface area contributed by atoms with Crippen molar-refractivity contribution in [3.63, 3.8) is 0 Å². The van der Waals surface area contributed by atoms with Gasteiger partial charge in [0.25, 0.3) is 11.5 Å². The lowest BCUT2D eigenvalue weighted by Crippen LogP contribution is -2.39. The molecule has 1 N–H and O–H groups in total. The second kappa shape index (κ2) is 8.23. The standard InChI is InChI=1S/C21H21ClN4O3/c1-2-8-26-18(14-4-3-5-15(22)11-14)13-25-12-17(24-19(25)21(26)28)20(27)23-16-6-9-29-10-7-16/h2-5,11-13,16H,1,6-10H2,(H,23,27). The number of rotatable bonds is 5. The molecule has 8 heteroatoms. The fourth-order valence-electron chi connectivity index (χ4n) is 3.48. The van der Waals surface area contributed by atoms with Gasteiger partial charge in [0.1, 0.15) is 5.69 Å². The Balaban J connectivity index is 1.76. The smallest absolute Gasteiger partial charge is 0.295 e. The number of nitrogens with zero attached hydrogens (tertiary/aromatic N) is 3. The minimum absolute atomic E-state index is 0.0560. The molecule has 0 atom stereocenters. The van der Waals surface area contributed by atoms with Crippen molar-refractivity contribution in [2.75, 3.05) is 13.2 Å². The topological polar surface area (TPSA) is 77.6 Å². The van der Waals surface area contributed by atoms with Crippen molar-refractivity contribution < 1.29 is 9.53 Å². The average Bonchev–Trinajstić information content (AvgIpc) is 3.16. The van der Waals surface area contributed by atoms with Gasteiger partial charge >= 0.3 is 0 Å². The monoisotopic (exact) mass is 412 g/mol. The van der Waals surface area contributed by atoms with Crippen LogP contribution in [0.15, 0.2) is 54.1 Å². The number of carbonyl (C=O) groups excluding carboxylic acids is 1. The van der Waals surface area contributed by atoms with Crippen LogP contribution in [0.2, 0.25) is 5.02 Å². The average molecular weight is 413 g/mol. The highest BCUT2D eigenvalue weighted by Gasteiger charge is 2.20. The molecule has 3 aromatic rings. The summed E-state index contributed by atoms with van der Waals surface area (Å²) in [6, 6.07) is 7.32. The minimum atomic E-state index is -0.299. The van der Waals surface area contributed by atoms with Gasteiger partial charge < -0.3 is 10.1 Å². The first-order valence-electron chi connectivity index (χ1n) is 9.45. The second-order valence-corrected chi connectivity index (χ2v) is 7.38. The molecule has 1 aliphatic heterocycles. The number of halogens is 1. The van der Waals surface area contributed by atoms with Crippen LogP contribution in [-0.4, -0.2) is 39.1 Å². The van der Waals surface area contributed by atoms with E-state index in [2.05, 4.69) is 16.9 Å². The van der Waals surface area contributed by atoms with E-state index in [0.717, 1.165) is 18.4 Å². The molecule has 1 saturated heterocycles. The third kappa shape index (κ3) is 3.97. The Bertz CT molecular complexity index is 1130. The summed E-state index contributed by atoms with van der Waals surface area (Å²) in [5, 5.41) is 3.54. The van der Waals surface area contributed by atoms with E-state index in [4.69, 9.17) is 16.3 Å². The third-order valence-corrected chi connectivity index (χ3v) is 5.18. The number of imidazole rings is 1. The maximum Gasteiger partial charge on any atom is 0.295 e. The minimum Gasteiger partial charge on any atom is -0.381 e. The quantitative estimate of drug-likeness (QED) is 0.653. The van der Waals surface area contributed by atoms with Crippen molar-refractivity contribution in [3.05, 3.63) is 70.4 Å². The number of nitrogens with one attached hydrogen (secondary N) is 1. The Labute approximate surface area is 172 Å². The lowest BCUT2D eigenvalue weighted by molar-refractivity contribution is 0.0694. The molecular formula is C21H21ClN4O3. The zero-order valence-electron chi connectivity index (χ0n) is 15.8. The van der Waals surface area contributed by atoms with Crippen LogP contribution in [0.4, 0.5) is 0 Å². The molecule has 29 heavy (non-hydrogen) atoms. The van der Waals surface area contributed by atoms with Crippen LogP contribution in [0.3, 0.4) is 0 Å². The normalized spacial score (nSPS) is 14.8. The second-order valence-electron chi connectivity index (χ2n) is 6.95. The van der Waals surface area contributed by atoms with Gasteiger partial charge in [0.15, 0.2) is 0 Å². The zero-order chi connectivity index (χ0) is 20.4. The summed E-state index contributed by atoms with van der Waals surface area (Å²) >= 11 is 6.13. The first-order chi connectivity index (χ1) is 14.1. The van der Waals surface area contributed by atoms with Gasteiger partial charge in [-0.15, -0.1) is 6.58 Å². The van der Waals surface area contributed by atoms with Crippen molar-refractivity contribution in [1.29, 1.82) is 0 Å². The van der Waals surface area contributed by atoms with E-state index in [-0.39, 0.29) is 28.8 Å². The van der Waals surface area contributed by atoms with Gasteiger partial charge in [-0.3, -0.25) is 18.6 Å². The summed E-state index contributed by atoms with van der Waals surface area (Å²) < 4.78 is 8.48. The number of benzene rings is 1. The lowest BCUT2D eigenvalue weighted by atomic mass is 10.1. The fourth-order valence-corrected chi connectivity index (χ4v) is 3.67. The highest BCUT2D eigenvalue weighted by molar-refractivity contribution is 6.30. The van der Waals surface area contributed by atoms with E-state index in [0.29, 0.717) is 30.5 Å². The molecule has 0 radical (unpaired) electrons. The number of aromatic nitrogens is 3. The number of hydrogen-bond donors (Lipinski definition) is 1. The Kier molecular flexibility index (Phi) is 5.51. The van der Waals surface area contributed by atoms with Crippen molar-refractivity contribution in [2.24, 2.45) is 0 Å². The summed E-state index contributed by atoms with van der Waals surface area (Å²) in [6.45, 7) is 5.31. The molecule has 0 bridgehead atoms. The third-order valence-electron chi connectivity index (χ3n) is 4.94. The van der Waals surface area contributed by atoms with Crippen LogP contribution >= 0.6 is 11.6 Å². The predicted octanol–water partition coefficient (Wildman–Crippen LogP) is 2.91. The SMILES string of the molecule is C=CCn1c(-c2cccc(Cl)c2)cn2cc(C(=O)NC3CCOCC3)nc2c1=O. The first-order valence-corrected chi connectivity index (χ1v) is 9.82. The van der Waals surface area contributed by atoms with Gasteiger partial charge in [-0.05, 0) is 25.0 Å². The van der Waals surface area contributed by atoms with E-state index in [1.807, 2.05) is 12.1 Å². The van der Waals surface area contributed by atoms with E-state index in [1.165, 1.54) is 0 Å². The summed E-state index contributed by atoms with van der Waals surface area (Å²) in [7, 11) is 0. The van der Waals surface area contributed by atoms with Gasteiger partial charge in [-0.1, -0.05) is 29.8 Å². The fraction of sp³-hybridized carbons (Fsp3) is 0.286. The van der Waals surface area contributed by atoms with Crippen LogP contribution in [0.1, 0.15) is 23.3 Å². The van der Waals surface area contributed by atoms with Gasteiger partial charge in [-0.2, -0.15) is 0 Å². The number of carbonyl (C=O) groups is 1. The Hall–Kier alpha value is -2.90. The van der Waals surface area contributed by atoms with Crippen molar-refractivity contribution in [3.8, 4) is 11.3 Å². The molecule has 1 fully saturated rings. The van der Waals surface area contributed by atoms with E-state index in [9.17, 15) is 9.59 Å². The van der Waals surface area contributed by atoms with Crippen molar-refractivity contribution in [2.45, 2.75) is 25.4 Å². The van der Waals surface area contributed by atoms with Crippen molar-refractivity contribution in [1.82, 2.24) is 19.3 Å². The summed E-state index contributed by atoms with van der Waals surface area (Å²) in [6.07, 6.45) is 6.55. The number of allylic oxidation sites excluding steroid dienone is 1. The molecule has 1 aliphatic rings. The predicted molar refractivity (Wildman–Crippen MR) is 111 cm³/mol. The molecule has 0 saturated carbocycles. The van der Waals surface area contributed by atoms with Gasteiger partial charge in [-0.25, -0.2) is 4.98 Å². The van der Waals surface area contributed by atoms with Gasteiger partial charge in [0.2, 0.25) is 5.65 Å². The lowest BCUT2D eigenvalue weighted by Gasteiger charge is -2.22. The van der Waals surface area contributed by atoms with Crippen LogP contribution < -0.4 is 10.9 Å². The molecule has 0 unspecified atom stereocenters. The van der Waals surface area contributed by atoms with Crippen LogP contribution in [0.25, 0.3) is 16.9 Å². The number of fused-ring (bicyclic) bond motifs is 1. The Morgan fingerprint density at radius 2 is 2.14 bits per heavy atom. The van der Waals surface area contributed by atoms with Crippen molar-refractivity contribution >= 4 is 23.2 Å². The zero-order valence-corrected chi connectivity index (χ0v) is 16.6. The summed E-state index contributed by atoms with van der Waals surface area (Å²) in [5.74, 6) is -0.292. The molecule has 1 amide bonds. The maximum atomic E-state index is 13.1. The van der Waals surface area contributed by atoms with E-state index < -0.39 is 0 Å². The molecule has 2 aromatic heterocycles. The van der Waals surface area contributed by atoms with Crippen LogP contribution in [0.5, 0.6) is 0 Å². The Morgan fingerprint density at radius 3 is 2.86 bits per heavy atom.